The summed E-state index contributed by atoms with van der Waals surface area (Å²) in [5.41, 5.74) is 0. The lowest BCUT2D eigenvalue weighted by Gasteiger charge is -2.18. The van der Waals surface area contributed by atoms with E-state index in [0.717, 1.165) is 25.1 Å². The van der Waals surface area contributed by atoms with Crippen LogP contribution in [0.3, 0.4) is 0 Å². The van der Waals surface area contributed by atoms with Crippen molar-refractivity contribution in [3.05, 3.63) is 0 Å². The lowest BCUT2D eigenvalue weighted by Crippen LogP contribution is -2.40. The molecule has 0 heterocycles. The van der Waals surface area contributed by atoms with Crippen LogP contribution in [-0.4, -0.2) is 30.4 Å². The molecule has 0 aliphatic carbocycles. The van der Waals surface area contributed by atoms with Crippen LogP contribution in [0.15, 0.2) is 0 Å². The zero-order valence-electron chi connectivity index (χ0n) is 9.80. The Hall–Kier alpha value is -0.0200. The topological polar surface area (TPSA) is 29.1 Å². The van der Waals surface area contributed by atoms with Crippen molar-refractivity contribution in [2.75, 3.05) is 18.6 Å². The predicted octanol–water partition coefficient (Wildman–Crippen LogP) is 2.33. The van der Waals surface area contributed by atoms with Gasteiger partial charge in [-0.05, 0) is 31.4 Å². The summed E-state index contributed by atoms with van der Waals surface area (Å²) < 4.78 is 0. The fourth-order valence-corrected chi connectivity index (χ4v) is 1.77. The van der Waals surface area contributed by atoms with Crippen LogP contribution in [0.25, 0.3) is 0 Å². The molecule has 0 aromatic rings. The molecule has 0 aromatic carbocycles. The van der Waals surface area contributed by atoms with Crippen LogP contribution in [0.2, 0.25) is 0 Å². The summed E-state index contributed by atoms with van der Waals surface area (Å²) in [5.74, 6) is 1.55. The Morgan fingerprint density at radius 2 is 2.07 bits per heavy atom. The Morgan fingerprint density at radius 1 is 1.43 bits per heavy atom. The molecule has 0 amide bonds. The second kappa shape index (κ2) is 8.30. The summed E-state index contributed by atoms with van der Waals surface area (Å²) in [7, 11) is 0. The average Bonchev–Trinajstić information content (AvgIpc) is 2.17. The van der Waals surface area contributed by atoms with E-state index in [0.29, 0.717) is 5.78 Å². The van der Waals surface area contributed by atoms with Gasteiger partial charge in [-0.2, -0.15) is 11.8 Å². The Balaban J connectivity index is 4.01. The highest BCUT2D eigenvalue weighted by Crippen LogP contribution is 2.07. The Labute approximate surface area is 92.2 Å². The summed E-state index contributed by atoms with van der Waals surface area (Å²) in [5, 5.41) is 3.32. The van der Waals surface area contributed by atoms with Gasteiger partial charge in [0.25, 0.3) is 0 Å². The third-order valence-electron chi connectivity index (χ3n) is 2.16. The molecule has 3 heteroatoms. The van der Waals surface area contributed by atoms with Crippen LogP contribution >= 0.6 is 11.8 Å². The molecule has 0 rings (SSSR count). The van der Waals surface area contributed by atoms with Crippen molar-refractivity contribution in [3.8, 4) is 0 Å². The average molecular weight is 217 g/mol. The standard InChI is InChI=1S/C11H23NOS/c1-5-7-12-10(6-8-14-4)11(13)9(2)3/h9-10,12H,5-8H2,1-4H3/t10-/m0/s1. The molecule has 0 spiro atoms. The maximum absolute atomic E-state index is 11.8. The summed E-state index contributed by atoms with van der Waals surface area (Å²) >= 11 is 1.80. The van der Waals surface area contributed by atoms with E-state index in [2.05, 4.69) is 18.5 Å². The minimum Gasteiger partial charge on any atom is -0.307 e. The first-order chi connectivity index (χ1) is 6.63. The number of hydrogen-bond acceptors (Lipinski definition) is 3. The van der Waals surface area contributed by atoms with Gasteiger partial charge in [-0.3, -0.25) is 4.79 Å². The van der Waals surface area contributed by atoms with Crippen LogP contribution < -0.4 is 5.32 Å². The summed E-state index contributed by atoms with van der Waals surface area (Å²) in [6.07, 6.45) is 4.12. The number of carbonyl (C=O) groups excluding carboxylic acids is 1. The molecule has 0 aliphatic heterocycles. The van der Waals surface area contributed by atoms with Crippen molar-refractivity contribution in [3.63, 3.8) is 0 Å². The van der Waals surface area contributed by atoms with Crippen LogP contribution in [0.1, 0.15) is 33.6 Å². The minimum atomic E-state index is 0.0717. The molecule has 0 saturated heterocycles. The molecule has 1 atom stereocenters. The smallest absolute Gasteiger partial charge is 0.152 e. The van der Waals surface area contributed by atoms with Gasteiger partial charge in [-0.25, -0.2) is 0 Å². The molecular formula is C11H23NOS. The molecular weight excluding hydrogens is 194 g/mol. The van der Waals surface area contributed by atoms with Crippen LogP contribution in [0.5, 0.6) is 0 Å². The van der Waals surface area contributed by atoms with E-state index in [1.807, 2.05) is 13.8 Å². The molecule has 0 saturated carbocycles. The fraction of sp³-hybridized carbons (Fsp3) is 0.909. The van der Waals surface area contributed by atoms with Gasteiger partial charge < -0.3 is 5.32 Å². The van der Waals surface area contributed by atoms with Gasteiger partial charge in [-0.15, -0.1) is 0 Å². The van der Waals surface area contributed by atoms with Crippen molar-refractivity contribution in [2.45, 2.75) is 39.7 Å². The number of Topliss-reactive ketones (excluding diaryl/α,β-unsaturated/α-hetero) is 1. The second-order valence-electron chi connectivity index (χ2n) is 3.85. The van der Waals surface area contributed by atoms with Crippen molar-refractivity contribution in [1.29, 1.82) is 0 Å². The molecule has 84 valence electrons. The maximum atomic E-state index is 11.8. The normalized spacial score (nSPS) is 13.2. The number of thioether (sulfide) groups is 1. The number of rotatable bonds is 8. The molecule has 0 fully saturated rings. The third kappa shape index (κ3) is 5.66. The number of nitrogens with one attached hydrogen (secondary N) is 1. The van der Waals surface area contributed by atoms with E-state index in [-0.39, 0.29) is 12.0 Å². The number of ketones is 1. The van der Waals surface area contributed by atoms with E-state index in [4.69, 9.17) is 0 Å². The highest BCUT2D eigenvalue weighted by molar-refractivity contribution is 7.98. The fourth-order valence-electron chi connectivity index (χ4n) is 1.30. The quantitative estimate of drug-likeness (QED) is 0.676. The summed E-state index contributed by atoms with van der Waals surface area (Å²) in [6, 6.07) is 0.0717. The molecule has 0 unspecified atom stereocenters. The summed E-state index contributed by atoms with van der Waals surface area (Å²) in [4.78, 5) is 11.8. The van der Waals surface area contributed by atoms with E-state index in [1.54, 1.807) is 11.8 Å². The Morgan fingerprint density at radius 3 is 2.50 bits per heavy atom. The van der Waals surface area contributed by atoms with E-state index in [1.165, 1.54) is 0 Å². The van der Waals surface area contributed by atoms with Crippen molar-refractivity contribution in [1.82, 2.24) is 5.32 Å². The molecule has 1 N–H and O–H groups in total. The predicted molar refractivity (Wildman–Crippen MR) is 64.9 cm³/mol. The third-order valence-corrected chi connectivity index (χ3v) is 2.81. The van der Waals surface area contributed by atoms with Gasteiger partial charge in [0.1, 0.15) is 0 Å². The lowest BCUT2D eigenvalue weighted by molar-refractivity contribution is -0.124. The molecule has 0 radical (unpaired) electrons. The monoisotopic (exact) mass is 217 g/mol. The van der Waals surface area contributed by atoms with Crippen LogP contribution in [-0.2, 0) is 4.79 Å². The van der Waals surface area contributed by atoms with Crippen LogP contribution in [0.4, 0.5) is 0 Å². The van der Waals surface area contributed by atoms with Gasteiger partial charge in [0.2, 0.25) is 0 Å². The lowest BCUT2D eigenvalue weighted by atomic mass is 10.00. The highest BCUT2D eigenvalue weighted by atomic mass is 32.2. The first-order valence-corrected chi connectivity index (χ1v) is 6.78. The maximum Gasteiger partial charge on any atom is 0.152 e. The Kier molecular flexibility index (Phi) is 8.29. The van der Waals surface area contributed by atoms with Gasteiger partial charge in [0, 0.05) is 5.92 Å². The van der Waals surface area contributed by atoms with Gasteiger partial charge >= 0.3 is 0 Å². The second-order valence-corrected chi connectivity index (χ2v) is 4.83. The first kappa shape index (κ1) is 14.0. The zero-order chi connectivity index (χ0) is 11.0. The molecule has 14 heavy (non-hydrogen) atoms. The number of carbonyl (C=O) groups is 1. The molecule has 2 nitrogen and oxygen atoms in total. The van der Waals surface area contributed by atoms with Gasteiger partial charge in [0.15, 0.2) is 5.78 Å². The largest absolute Gasteiger partial charge is 0.307 e. The van der Waals surface area contributed by atoms with Gasteiger partial charge in [-0.1, -0.05) is 20.8 Å². The first-order valence-electron chi connectivity index (χ1n) is 5.39. The van der Waals surface area contributed by atoms with Crippen LogP contribution in [0, 0.1) is 5.92 Å². The van der Waals surface area contributed by atoms with Crippen molar-refractivity contribution in [2.24, 2.45) is 5.92 Å². The van der Waals surface area contributed by atoms with Gasteiger partial charge in [0.05, 0.1) is 6.04 Å². The molecule has 0 bridgehead atoms. The SMILES string of the molecule is CCCN[C@@H](CCSC)C(=O)C(C)C. The molecule has 0 aliphatic rings. The molecule has 0 aromatic heterocycles. The number of hydrogen-bond donors (Lipinski definition) is 1. The zero-order valence-corrected chi connectivity index (χ0v) is 10.6. The van der Waals surface area contributed by atoms with Crippen molar-refractivity contribution >= 4 is 17.5 Å². The van der Waals surface area contributed by atoms with E-state index >= 15 is 0 Å². The highest BCUT2D eigenvalue weighted by Gasteiger charge is 2.19. The Bertz CT molecular complexity index is 151. The minimum absolute atomic E-state index is 0.0717. The van der Waals surface area contributed by atoms with E-state index < -0.39 is 0 Å². The summed E-state index contributed by atoms with van der Waals surface area (Å²) in [6.45, 7) is 7.01. The van der Waals surface area contributed by atoms with Crippen molar-refractivity contribution < 1.29 is 4.79 Å². The van der Waals surface area contributed by atoms with E-state index in [9.17, 15) is 4.79 Å².